The first kappa shape index (κ1) is 22.1. The molecule has 2 aliphatic rings. The Balaban J connectivity index is 1.56. The highest BCUT2D eigenvalue weighted by Crippen LogP contribution is 2.34. The van der Waals surface area contributed by atoms with E-state index in [4.69, 9.17) is 9.47 Å². The highest BCUT2D eigenvalue weighted by atomic mass is 32.2. The van der Waals surface area contributed by atoms with Crippen LogP contribution in [-0.2, 0) is 19.5 Å². The zero-order valence-corrected chi connectivity index (χ0v) is 18.1. The van der Waals surface area contributed by atoms with Gasteiger partial charge in [0.05, 0.1) is 31.6 Å². The van der Waals surface area contributed by atoms with Crippen LogP contribution in [0.5, 0.6) is 0 Å². The van der Waals surface area contributed by atoms with Gasteiger partial charge < -0.3 is 14.4 Å². The third kappa shape index (κ3) is 6.17. The standard InChI is InChI=1S/C21H32N2O5S/c1-3-27-21(24)23-14-13-19(22-29(2,25)26)20(23)15-28-18-11-9-17(10-12-18)16-7-5-4-6-8-16/h4-8,17-20,22H,3,9-15H2,1-2H3/t17?,18?,19-,20-/m0/s1. The average Bonchev–Trinajstić information content (AvgIpc) is 3.08. The van der Waals surface area contributed by atoms with E-state index in [2.05, 4.69) is 29.0 Å². The Bertz CT molecular complexity index is 763. The highest BCUT2D eigenvalue weighted by Gasteiger charge is 2.40. The van der Waals surface area contributed by atoms with Crippen molar-refractivity contribution in [2.75, 3.05) is 26.0 Å². The fourth-order valence-electron chi connectivity index (χ4n) is 4.43. The molecule has 0 radical (unpaired) electrons. The number of ether oxygens (including phenoxy) is 2. The van der Waals surface area contributed by atoms with Crippen molar-refractivity contribution in [1.82, 2.24) is 9.62 Å². The quantitative estimate of drug-likeness (QED) is 0.728. The van der Waals surface area contributed by atoms with Crippen LogP contribution in [0.1, 0.15) is 50.5 Å². The summed E-state index contributed by atoms with van der Waals surface area (Å²) in [6.45, 7) is 2.82. The molecule has 1 aromatic rings. The van der Waals surface area contributed by atoms with Crippen LogP contribution in [-0.4, -0.2) is 63.6 Å². The number of likely N-dealkylation sites (tertiary alicyclic amines) is 1. The van der Waals surface area contributed by atoms with Crippen molar-refractivity contribution in [3.8, 4) is 0 Å². The highest BCUT2D eigenvalue weighted by molar-refractivity contribution is 7.88. The summed E-state index contributed by atoms with van der Waals surface area (Å²) in [6, 6.07) is 9.86. The molecule has 1 amide bonds. The fraction of sp³-hybridized carbons (Fsp3) is 0.667. The lowest BCUT2D eigenvalue weighted by molar-refractivity contribution is -0.00654. The molecule has 3 rings (SSSR count). The second-order valence-corrected chi connectivity index (χ2v) is 9.74. The summed E-state index contributed by atoms with van der Waals surface area (Å²) < 4.78 is 37.4. The van der Waals surface area contributed by atoms with Gasteiger partial charge in [0.2, 0.25) is 10.0 Å². The summed E-state index contributed by atoms with van der Waals surface area (Å²) in [5.41, 5.74) is 1.38. The van der Waals surface area contributed by atoms with Gasteiger partial charge in [-0.1, -0.05) is 30.3 Å². The van der Waals surface area contributed by atoms with Gasteiger partial charge in [0.1, 0.15) is 0 Å². The number of benzene rings is 1. The number of nitrogens with zero attached hydrogens (tertiary/aromatic N) is 1. The lowest BCUT2D eigenvalue weighted by Gasteiger charge is -2.32. The van der Waals surface area contributed by atoms with E-state index in [1.165, 1.54) is 5.56 Å². The van der Waals surface area contributed by atoms with E-state index < -0.39 is 16.1 Å². The Morgan fingerprint density at radius 2 is 1.83 bits per heavy atom. The Hall–Kier alpha value is -1.64. The van der Waals surface area contributed by atoms with Crippen molar-refractivity contribution in [3.63, 3.8) is 0 Å². The predicted molar refractivity (Wildman–Crippen MR) is 111 cm³/mol. The molecular formula is C21H32N2O5S. The van der Waals surface area contributed by atoms with Crippen LogP contribution in [0.2, 0.25) is 0 Å². The van der Waals surface area contributed by atoms with Crippen LogP contribution in [0, 0.1) is 0 Å². The van der Waals surface area contributed by atoms with E-state index in [1.54, 1.807) is 11.8 Å². The topological polar surface area (TPSA) is 84.9 Å². The third-order valence-corrected chi connectivity index (χ3v) is 6.59. The molecule has 29 heavy (non-hydrogen) atoms. The maximum Gasteiger partial charge on any atom is 0.410 e. The maximum atomic E-state index is 12.3. The van der Waals surface area contributed by atoms with Gasteiger partial charge in [0, 0.05) is 12.6 Å². The van der Waals surface area contributed by atoms with E-state index in [0.29, 0.717) is 25.5 Å². The number of hydrogen-bond donors (Lipinski definition) is 1. The summed E-state index contributed by atoms with van der Waals surface area (Å²) in [6.07, 6.45) is 5.51. The predicted octanol–water partition coefficient (Wildman–Crippen LogP) is 2.88. The van der Waals surface area contributed by atoms with Gasteiger partial charge in [-0.3, -0.25) is 0 Å². The molecule has 0 bridgehead atoms. The van der Waals surface area contributed by atoms with Crippen molar-refractivity contribution in [2.45, 2.75) is 63.1 Å². The van der Waals surface area contributed by atoms with Crippen LogP contribution in [0.4, 0.5) is 4.79 Å². The number of amides is 1. The van der Waals surface area contributed by atoms with Crippen molar-refractivity contribution in [2.24, 2.45) is 0 Å². The minimum atomic E-state index is -3.37. The molecule has 0 aromatic heterocycles. The lowest BCUT2D eigenvalue weighted by atomic mass is 9.83. The first-order valence-electron chi connectivity index (χ1n) is 10.4. The van der Waals surface area contributed by atoms with Gasteiger partial charge in [-0.15, -0.1) is 0 Å². The van der Waals surface area contributed by atoms with Gasteiger partial charge in [-0.2, -0.15) is 0 Å². The number of nitrogens with one attached hydrogen (secondary N) is 1. The van der Waals surface area contributed by atoms with Gasteiger partial charge in [0.15, 0.2) is 0 Å². The number of rotatable bonds is 7. The van der Waals surface area contributed by atoms with Gasteiger partial charge in [-0.25, -0.2) is 17.9 Å². The molecule has 7 nitrogen and oxygen atoms in total. The summed E-state index contributed by atoms with van der Waals surface area (Å²) >= 11 is 0. The molecule has 2 atom stereocenters. The minimum absolute atomic E-state index is 0.137. The molecule has 2 fully saturated rings. The van der Waals surface area contributed by atoms with Crippen LogP contribution >= 0.6 is 0 Å². The molecule has 1 aliphatic heterocycles. The fourth-order valence-corrected chi connectivity index (χ4v) is 5.25. The second kappa shape index (κ2) is 9.91. The van der Waals surface area contributed by atoms with Gasteiger partial charge in [-0.05, 0) is 50.5 Å². The molecule has 0 spiro atoms. The largest absolute Gasteiger partial charge is 0.450 e. The Morgan fingerprint density at radius 1 is 1.14 bits per heavy atom. The van der Waals surface area contributed by atoms with Crippen molar-refractivity contribution in [1.29, 1.82) is 0 Å². The van der Waals surface area contributed by atoms with Crippen molar-refractivity contribution >= 4 is 16.1 Å². The smallest absolute Gasteiger partial charge is 0.410 e. The summed E-state index contributed by atoms with van der Waals surface area (Å²) in [5, 5.41) is 0. The molecule has 0 unspecified atom stereocenters. The van der Waals surface area contributed by atoms with E-state index in [0.717, 1.165) is 31.9 Å². The Labute approximate surface area is 173 Å². The van der Waals surface area contributed by atoms with Gasteiger partial charge >= 0.3 is 6.09 Å². The molecule has 1 aromatic carbocycles. The molecule has 1 N–H and O–H groups in total. The van der Waals surface area contributed by atoms with E-state index in [-0.39, 0.29) is 24.8 Å². The first-order chi connectivity index (χ1) is 13.9. The molecule has 1 aliphatic carbocycles. The normalized spacial score (nSPS) is 27.7. The van der Waals surface area contributed by atoms with E-state index in [1.807, 2.05) is 6.07 Å². The van der Waals surface area contributed by atoms with Crippen LogP contribution in [0.3, 0.4) is 0 Å². The average molecular weight is 425 g/mol. The molecule has 1 saturated carbocycles. The monoisotopic (exact) mass is 424 g/mol. The SMILES string of the molecule is CCOC(=O)N1CC[C@H](NS(C)(=O)=O)[C@@H]1COC1CCC(c2ccccc2)CC1. The zero-order valence-electron chi connectivity index (χ0n) is 17.2. The molecule has 162 valence electrons. The third-order valence-electron chi connectivity index (χ3n) is 5.86. The van der Waals surface area contributed by atoms with Crippen molar-refractivity contribution < 1.29 is 22.7 Å². The summed E-state index contributed by atoms with van der Waals surface area (Å²) in [7, 11) is -3.37. The first-order valence-corrected chi connectivity index (χ1v) is 12.3. The Kier molecular flexibility index (Phi) is 7.54. The van der Waals surface area contributed by atoms with E-state index >= 15 is 0 Å². The molecule has 8 heteroatoms. The molecular weight excluding hydrogens is 392 g/mol. The number of sulfonamides is 1. The van der Waals surface area contributed by atoms with Crippen molar-refractivity contribution in [3.05, 3.63) is 35.9 Å². The second-order valence-electron chi connectivity index (χ2n) is 7.96. The molecule has 1 heterocycles. The Morgan fingerprint density at radius 3 is 2.45 bits per heavy atom. The van der Waals surface area contributed by atoms with E-state index in [9.17, 15) is 13.2 Å². The van der Waals surface area contributed by atoms with Crippen LogP contribution in [0.15, 0.2) is 30.3 Å². The zero-order chi connectivity index (χ0) is 20.9. The lowest BCUT2D eigenvalue weighted by Crippen LogP contribution is -2.49. The van der Waals surface area contributed by atoms with Crippen LogP contribution < -0.4 is 4.72 Å². The molecule has 1 saturated heterocycles. The number of carbonyl (C=O) groups excluding carboxylic acids is 1. The number of carbonyl (C=O) groups is 1. The number of hydrogen-bond acceptors (Lipinski definition) is 5. The van der Waals surface area contributed by atoms with Gasteiger partial charge in [0.25, 0.3) is 0 Å². The maximum absolute atomic E-state index is 12.3. The summed E-state index contributed by atoms with van der Waals surface area (Å²) in [5.74, 6) is 0.568. The summed E-state index contributed by atoms with van der Waals surface area (Å²) in [4.78, 5) is 13.9. The minimum Gasteiger partial charge on any atom is -0.450 e. The van der Waals surface area contributed by atoms with Crippen LogP contribution in [0.25, 0.3) is 0 Å².